The molecule has 2 rings (SSSR count). The number of carboxylic acids is 1. The number of nitrogens with one attached hydrogen (secondary N) is 1. The molecular weight excluding hydrogens is 338 g/mol. The maximum atomic E-state index is 11.7. The van der Waals surface area contributed by atoms with Crippen molar-refractivity contribution in [3.63, 3.8) is 0 Å². The van der Waals surface area contributed by atoms with Gasteiger partial charge in [0, 0.05) is 7.11 Å². The third-order valence-electron chi connectivity index (χ3n) is 3.75. The van der Waals surface area contributed by atoms with Crippen LogP contribution in [0.5, 0.6) is 5.75 Å². The Bertz CT molecular complexity index is 848. The number of methoxy groups -OCH3 is 1. The number of aromatic nitrogens is 1. The summed E-state index contributed by atoms with van der Waals surface area (Å²) in [5.74, 6) is -0.996. The Morgan fingerprint density at radius 1 is 1.35 bits per heavy atom. The van der Waals surface area contributed by atoms with Gasteiger partial charge in [-0.2, -0.15) is 0 Å². The van der Waals surface area contributed by atoms with E-state index in [0.717, 1.165) is 0 Å². The molecule has 4 N–H and O–H groups in total. The molecule has 0 saturated carbocycles. The second kappa shape index (κ2) is 7.57. The molecule has 26 heavy (non-hydrogen) atoms. The number of carboxylic acid groups (broad SMARTS) is 1. The van der Waals surface area contributed by atoms with Gasteiger partial charge in [0.1, 0.15) is 24.5 Å². The average Bonchev–Trinajstić information content (AvgIpc) is 2.51. The number of hydrogen-bond acceptors (Lipinski definition) is 6. The fourth-order valence-electron chi connectivity index (χ4n) is 2.67. The second-order valence-electron chi connectivity index (χ2n) is 6.60. The number of pyridine rings is 1. The highest BCUT2D eigenvalue weighted by molar-refractivity contribution is 6.06. The zero-order valence-corrected chi connectivity index (χ0v) is 15.3. The summed E-state index contributed by atoms with van der Waals surface area (Å²) in [7, 11) is 1.44. The largest absolute Gasteiger partial charge is 0.490 e. The highest BCUT2D eigenvalue weighted by Gasteiger charge is 2.23. The van der Waals surface area contributed by atoms with E-state index in [1.807, 2.05) is 0 Å². The normalized spacial score (nSPS) is 11.4. The summed E-state index contributed by atoms with van der Waals surface area (Å²) in [6.45, 7) is 5.31. The first-order chi connectivity index (χ1) is 12.2. The first kappa shape index (κ1) is 19.5. The number of anilines is 1. The number of nitrogens with two attached hydrogens (primary N) is 1. The van der Waals surface area contributed by atoms with E-state index in [9.17, 15) is 14.7 Å². The minimum Gasteiger partial charge on any atom is -0.490 e. The standard InChI is InChI=1S/C18H23N3O5/c1-10-14(17(23)24)16(19)15-11(20-10)6-5-7-12(15)26-9-18(2,3)21-13(22)8-25-4/h5-7H,8-9H2,1-4H3,(H2,19,20)(H,21,22)(H,23,24). The second-order valence-corrected chi connectivity index (χ2v) is 6.60. The number of ether oxygens (including phenoxy) is 2. The molecule has 1 amide bonds. The number of carbonyl (C=O) groups is 2. The minimum atomic E-state index is -1.14. The van der Waals surface area contributed by atoms with Crippen LogP contribution in [0.1, 0.15) is 29.9 Å². The van der Waals surface area contributed by atoms with Crippen molar-refractivity contribution in [1.29, 1.82) is 0 Å². The van der Waals surface area contributed by atoms with Crippen molar-refractivity contribution < 1.29 is 24.2 Å². The van der Waals surface area contributed by atoms with E-state index in [-0.39, 0.29) is 30.4 Å². The van der Waals surface area contributed by atoms with Crippen LogP contribution in [0.25, 0.3) is 10.9 Å². The molecule has 0 bridgehead atoms. The van der Waals surface area contributed by atoms with Crippen molar-refractivity contribution in [2.24, 2.45) is 0 Å². The van der Waals surface area contributed by atoms with Crippen molar-refractivity contribution >= 4 is 28.5 Å². The third kappa shape index (κ3) is 4.20. The van der Waals surface area contributed by atoms with Gasteiger partial charge in [0.05, 0.1) is 27.8 Å². The lowest BCUT2D eigenvalue weighted by molar-refractivity contribution is -0.126. The van der Waals surface area contributed by atoms with E-state index >= 15 is 0 Å². The van der Waals surface area contributed by atoms with E-state index < -0.39 is 11.5 Å². The lowest BCUT2D eigenvalue weighted by Gasteiger charge is -2.26. The van der Waals surface area contributed by atoms with Crippen LogP contribution in [0.3, 0.4) is 0 Å². The third-order valence-corrected chi connectivity index (χ3v) is 3.75. The van der Waals surface area contributed by atoms with Crippen LogP contribution < -0.4 is 15.8 Å². The Kier molecular flexibility index (Phi) is 5.66. The quantitative estimate of drug-likeness (QED) is 0.686. The Labute approximate surface area is 151 Å². The molecule has 2 aromatic rings. The molecular formula is C18H23N3O5. The molecule has 1 heterocycles. The number of aromatic carboxylic acids is 1. The van der Waals surface area contributed by atoms with Gasteiger partial charge in [0.25, 0.3) is 0 Å². The van der Waals surface area contributed by atoms with Crippen LogP contribution in [0.2, 0.25) is 0 Å². The molecule has 1 aromatic carbocycles. The summed E-state index contributed by atoms with van der Waals surface area (Å²) in [5, 5.41) is 12.6. The first-order valence-corrected chi connectivity index (χ1v) is 8.01. The number of aryl methyl sites for hydroxylation is 1. The first-order valence-electron chi connectivity index (χ1n) is 8.01. The monoisotopic (exact) mass is 361 g/mol. The van der Waals surface area contributed by atoms with Gasteiger partial charge >= 0.3 is 5.97 Å². The van der Waals surface area contributed by atoms with Gasteiger partial charge in [-0.15, -0.1) is 0 Å². The molecule has 0 aliphatic carbocycles. The summed E-state index contributed by atoms with van der Waals surface area (Å²) in [6.07, 6.45) is 0. The fraction of sp³-hybridized carbons (Fsp3) is 0.389. The van der Waals surface area contributed by atoms with E-state index in [1.54, 1.807) is 39.0 Å². The maximum Gasteiger partial charge on any atom is 0.339 e. The van der Waals surface area contributed by atoms with Crippen molar-refractivity contribution in [2.75, 3.05) is 26.1 Å². The van der Waals surface area contributed by atoms with Crippen LogP contribution in [0.15, 0.2) is 18.2 Å². The Morgan fingerprint density at radius 2 is 2.04 bits per heavy atom. The number of hydrogen-bond donors (Lipinski definition) is 3. The number of amides is 1. The fourth-order valence-corrected chi connectivity index (χ4v) is 2.67. The highest BCUT2D eigenvalue weighted by Crippen LogP contribution is 2.33. The number of fused-ring (bicyclic) bond motifs is 1. The smallest absolute Gasteiger partial charge is 0.339 e. The highest BCUT2D eigenvalue weighted by atomic mass is 16.5. The van der Waals surface area contributed by atoms with Crippen LogP contribution in [-0.4, -0.2) is 47.8 Å². The predicted molar refractivity (Wildman–Crippen MR) is 97.4 cm³/mol. The Morgan fingerprint density at radius 3 is 2.65 bits per heavy atom. The number of nitrogens with zero attached hydrogens (tertiary/aromatic N) is 1. The lowest BCUT2D eigenvalue weighted by atomic mass is 10.0. The number of rotatable bonds is 7. The van der Waals surface area contributed by atoms with E-state index in [2.05, 4.69) is 10.3 Å². The molecule has 0 atom stereocenters. The minimum absolute atomic E-state index is 0.0405. The average molecular weight is 361 g/mol. The topological polar surface area (TPSA) is 124 Å². The van der Waals surface area contributed by atoms with Gasteiger partial charge in [-0.3, -0.25) is 9.78 Å². The summed E-state index contributed by atoms with van der Waals surface area (Å²) in [4.78, 5) is 27.5. The molecule has 0 saturated heterocycles. The maximum absolute atomic E-state index is 11.7. The number of carbonyl (C=O) groups excluding carboxylic acids is 1. The van der Waals surface area contributed by atoms with E-state index in [0.29, 0.717) is 22.3 Å². The number of nitrogen functional groups attached to an aromatic ring is 1. The van der Waals surface area contributed by atoms with Gasteiger partial charge in [-0.25, -0.2) is 4.79 Å². The van der Waals surface area contributed by atoms with Crippen molar-refractivity contribution in [3.05, 3.63) is 29.5 Å². The van der Waals surface area contributed by atoms with Crippen molar-refractivity contribution in [1.82, 2.24) is 10.3 Å². The summed E-state index contributed by atoms with van der Waals surface area (Å²) < 4.78 is 10.6. The summed E-state index contributed by atoms with van der Waals surface area (Å²) in [5.41, 5.74) is 6.38. The Balaban J connectivity index is 2.34. The SMILES string of the molecule is COCC(=O)NC(C)(C)COc1cccc2nc(C)c(C(=O)O)c(N)c12. The zero-order valence-electron chi connectivity index (χ0n) is 15.3. The van der Waals surface area contributed by atoms with Crippen LogP contribution in [0.4, 0.5) is 5.69 Å². The zero-order chi connectivity index (χ0) is 19.5. The molecule has 8 heteroatoms. The van der Waals surface area contributed by atoms with Gasteiger partial charge in [-0.1, -0.05) is 6.07 Å². The summed E-state index contributed by atoms with van der Waals surface area (Å²) >= 11 is 0. The molecule has 0 radical (unpaired) electrons. The van der Waals surface area contributed by atoms with E-state index in [4.69, 9.17) is 15.2 Å². The molecule has 0 fully saturated rings. The van der Waals surface area contributed by atoms with Crippen molar-refractivity contribution in [2.45, 2.75) is 26.3 Å². The van der Waals surface area contributed by atoms with Crippen LogP contribution in [0, 0.1) is 6.92 Å². The lowest BCUT2D eigenvalue weighted by Crippen LogP contribution is -2.49. The molecule has 1 aromatic heterocycles. The van der Waals surface area contributed by atoms with Gasteiger partial charge < -0.3 is 25.6 Å². The van der Waals surface area contributed by atoms with Gasteiger partial charge in [0.15, 0.2) is 0 Å². The molecule has 0 spiro atoms. The van der Waals surface area contributed by atoms with Crippen molar-refractivity contribution in [3.8, 4) is 5.75 Å². The van der Waals surface area contributed by atoms with Crippen LogP contribution >= 0.6 is 0 Å². The molecule has 8 nitrogen and oxygen atoms in total. The number of benzene rings is 1. The van der Waals surface area contributed by atoms with E-state index in [1.165, 1.54) is 7.11 Å². The molecule has 0 aliphatic heterocycles. The molecule has 140 valence electrons. The predicted octanol–water partition coefficient (Wildman–Crippen LogP) is 1.74. The van der Waals surface area contributed by atoms with Gasteiger partial charge in [0.2, 0.25) is 5.91 Å². The molecule has 0 unspecified atom stereocenters. The van der Waals surface area contributed by atoms with Crippen LogP contribution in [-0.2, 0) is 9.53 Å². The van der Waals surface area contributed by atoms with Gasteiger partial charge in [-0.05, 0) is 32.9 Å². The Hall–Kier alpha value is -2.87. The molecule has 0 aliphatic rings. The summed E-state index contributed by atoms with van der Waals surface area (Å²) in [6, 6.07) is 5.18.